The summed E-state index contributed by atoms with van der Waals surface area (Å²) in [6.07, 6.45) is 3.59. The zero-order valence-corrected chi connectivity index (χ0v) is 18.7. The largest absolute Gasteiger partial charge is 0.492 e. The SMILES string of the molecule is N#C/C(=C\c1cn(CCOc2ccc(Cl)cc2)c2ccccc12)C(=O)NCc1cccs1. The Hall–Kier alpha value is -3.53. The van der Waals surface area contributed by atoms with Crippen molar-refractivity contribution in [2.75, 3.05) is 6.61 Å². The van der Waals surface area contributed by atoms with Gasteiger partial charge in [-0.15, -0.1) is 11.3 Å². The van der Waals surface area contributed by atoms with E-state index in [-0.39, 0.29) is 11.5 Å². The average Bonchev–Trinajstić information content (AvgIpc) is 3.45. The molecule has 0 saturated carbocycles. The first-order valence-corrected chi connectivity index (χ1v) is 11.3. The maximum atomic E-state index is 12.5. The summed E-state index contributed by atoms with van der Waals surface area (Å²) < 4.78 is 7.89. The van der Waals surface area contributed by atoms with Gasteiger partial charge in [-0.05, 0) is 47.9 Å². The molecule has 0 fully saturated rings. The molecule has 0 radical (unpaired) electrons. The van der Waals surface area contributed by atoms with Crippen molar-refractivity contribution in [1.29, 1.82) is 5.26 Å². The molecule has 1 N–H and O–H groups in total. The Morgan fingerprint density at radius 3 is 2.72 bits per heavy atom. The Labute approximate surface area is 195 Å². The van der Waals surface area contributed by atoms with Gasteiger partial charge in [0.25, 0.3) is 5.91 Å². The van der Waals surface area contributed by atoms with Crippen molar-refractivity contribution in [3.63, 3.8) is 0 Å². The van der Waals surface area contributed by atoms with Crippen LogP contribution < -0.4 is 10.1 Å². The highest BCUT2D eigenvalue weighted by molar-refractivity contribution is 7.09. The number of hydrogen-bond donors (Lipinski definition) is 1. The van der Waals surface area contributed by atoms with Crippen LogP contribution in [0.3, 0.4) is 0 Å². The number of carbonyl (C=O) groups excluding carboxylic acids is 1. The molecule has 0 aliphatic heterocycles. The van der Waals surface area contributed by atoms with Crippen LogP contribution in [0.5, 0.6) is 5.75 Å². The number of amides is 1. The van der Waals surface area contributed by atoms with E-state index in [4.69, 9.17) is 16.3 Å². The van der Waals surface area contributed by atoms with Crippen molar-refractivity contribution in [2.24, 2.45) is 0 Å². The monoisotopic (exact) mass is 461 g/mol. The van der Waals surface area contributed by atoms with E-state index in [1.807, 2.05) is 66.2 Å². The summed E-state index contributed by atoms with van der Waals surface area (Å²) in [6.45, 7) is 1.48. The van der Waals surface area contributed by atoms with E-state index in [0.717, 1.165) is 27.1 Å². The van der Waals surface area contributed by atoms with Crippen molar-refractivity contribution in [3.8, 4) is 11.8 Å². The normalized spacial score (nSPS) is 11.3. The third-order valence-corrected chi connectivity index (χ3v) is 6.03. The van der Waals surface area contributed by atoms with Crippen LogP contribution >= 0.6 is 22.9 Å². The topological polar surface area (TPSA) is 67.0 Å². The molecule has 4 aromatic rings. The summed E-state index contributed by atoms with van der Waals surface area (Å²) in [5.41, 5.74) is 1.89. The van der Waals surface area contributed by atoms with E-state index in [1.54, 1.807) is 29.5 Å². The quantitative estimate of drug-likeness (QED) is 0.272. The summed E-state index contributed by atoms with van der Waals surface area (Å²) in [5, 5.41) is 16.0. The highest BCUT2D eigenvalue weighted by atomic mass is 35.5. The molecular weight excluding hydrogens is 442 g/mol. The Balaban J connectivity index is 1.51. The fourth-order valence-corrected chi connectivity index (χ4v) is 4.12. The maximum Gasteiger partial charge on any atom is 0.262 e. The van der Waals surface area contributed by atoms with Gasteiger partial charge in [-0.3, -0.25) is 4.79 Å². The molecule has 1 amide bonds. The molecule has 0 aliphatic carbocycles. The minimum Gasteiger partial charge on any atom is -0.492 e. The minimum atomic E-state index is -0.385. The molecule has 160 valence electrons. The maximum absolute atomic E-state index is 12.5. The Bertz CT molecular complexity index is 1290. The van der Waals surface area contributed by atoms with E-state index in [1.165, 1.54) is 0 Å². The molecule has 0 spiro atoms. The fraction of sp³-hybridized carbons (Fsp3) is 0.120. The van der Waals surface area contributed by atoms with Crippen molar-refractivity contribution in [2.45, 2.75) is 13.1 Å². The van der Waals surface area contributed by atoms with Gasteiger partial charge in [-0.2, -0.15) is 5.26 Å². The fourth-order valence-electron chi connectivity index (χ4n) is 3.35. The number of nitrogens with zero attached hydrogens (tertiary/aromatic N) is 2. The molecule has 2 heterocycles. The van der Waals surface area contributed by atoms with Gasteiger partial charge in [0.1, 0.15) is 24.0 Å². The predicted octanol–water partition coefficient (Wildman–Crippen LogP) is 5.66. The lowest BCUT2D eigenvalue weighted by Gasteiger charge is -2.08. The van der Waals surface area contributed by atoms with E-state index in [9.17, 15) is 10.1 Å². The molecule has 4 rings (SSSR count). The highest BCUT2D eigenvalue weighted by Gasteiger charge is 2.12. The van der Waals surface area contributed by atoms with Crippen LogP contribution in [0.15, 0.2) is 77.8 Å². The molecule has 0 unspecified atom stereocenters. The molecule has 0 atom stereocenters. The minimum absolute atomic E-state index is 0.0712. The van der Waals surface area contributed by atoms with Gasteiger partial charge in [-0.1, -0.05) is 35.9 Å². The van der Waals surface area contributed by atoms with Crippen LogP contribution in [0, 0.1) is 11.3 Å². The van der Waals surface area contributed by atoms with E-state index < -0.39 is 0 Å². The first kappa shape index (κ1) is 21.7. The third-order valence-electron chi connectivity index (χ3n) is 4.90. The number of ether oxygens (including phenoxy) is 1. The second-order valence-electron chi connectivity index (χ2n) is 7.03. The molecule has 0 saturated heterocycles. The molecule has 7 heteroatoms. The van der Waals surface area contributed by atoms with Crippen molar-refractivity contribution in [1.82, 2.24) is 9.88 Å². The van der Waals surface area contributed by atoms with Crippen LogP contribution in [-0.2, 0) is 17.9 Å². The molecular formula is C25H20ClN3O2S. The van der Waals surface area contributed by atoms with Gasteiger partial charge in [0.2, 0.25) is 0 Å². The second kappa shape index (κ2) is 10.2. The highest BCUT2D eigenvalue weighted by Crippen LogP contribution is 2.24. The van der Waals surface area contributed by atoms with Crippen molar-refractivity contribution >= 4 is 45.8 Å². The number of fused-ring (bicyclic) bond motifs is 1. The molecule has 32 heavy (non-hydrogen) atoms. The Morgan fingerprint density at radius 2 is 1.97 bits per heavy atom. The van der Waals surface area contributed by atoms with E-state index in [2.05, 4.69) is 9.88 Å². The van der Waals surface area contributed by atoms with Crippen LogP contribution in [0.2, 0.25) is 5.02 Å². The number of benzene rings is 2. The lowest BCUT2D eigenvalue weighted by Crippen LogP contribution is -2.23. The molecule has 0 aliphatic rings. The predicted molar refractivity (Wildman–Crippen MR) is 129 cm³/mol. The van der Waals surface area contributed by atoms with Crippen molar-refractivity contribution < 1.29 is 9.53 Å². The van der Waals surface area contributed by atoms with Crippen LogP contribution in [-0.4, -0.2) is 17.1 Å². The first-order valence-electron chi connectivity index (χ1n) is 10.0. The standard InChI is InChI=1S/C25H20ClN3O2S/c26-20-7-9-21(10-8-20)31-12-11-29-17-19(23-5-1-2-6-24(23)29)14-18(15-27)25(30)28-16-22-4-3-13-32-22/h1-10,13-14,17H,11-12,16H2,(H,28,30)/b18-14+. The zero-order chi connectivity index (χ0) is 22.3. The van der Waals surface area contributed by atoms with Crippen LogP contribution in [0.1, 0.15) is 10.4 Å². The van der Waals surface area contributed by atoms with Gasteiger partial charge in [-0.25, -0.2) is 0 Å². The van der Waals surface area contributed by atoms with Crippen LogP contribution in [0.4, 0.5) is 0 Å². The summed E-state index contributed by atoms with van der Waals surface area (Å²) in [7, 11) is 0. The Morgan fingerprint density at radius 1 is 1.16 bits per heavy atom. The number of para-hydroxylation sites is 1. The smallest absolute Gasteiger partial charge is 0.262 e. The lowest BCUT2D eigenvalue weighted by molar-refractivity contribution is -0.117. The number of aromatic nitrogens is 1. The van der Waals surface area contributed by atoms with E-state index in [0.29, 0.717) is 24.7 Å². The molecule has 2 aromatic heterocycles. The number of nitriles is 1. The van der Waals surface area contributed by atoms with Gasteiger partial charge in [0.15, 0.2) is 0 Å². The van der Waals surface area contributed by atoms with Gasteiger partial charge < -0.3 is 14.6 Å². The van der Waals surface area contributed by atoms with Gasteiger partial charge >= 0.3 is 0 Å². The summed E-state index contributed by atoms with van der Waals surface area (Å²) >= 11 is 7.48. The molecule has 0 bridgehead atoms. The zero-order valence-electron chi connectivity index (χ0n) is 17.1. The Kier molecular flexibility index (Phi) is 6.90. The number of thiophene rings is 1. The lowest BCUT2D eigenvalue weighted by atomic mass is 10.1. The number of hydrogen-bond acceptors (Lipinski definition) is 4. The van der Waals surface area contributed by atoms with Gasteiger partial charge in [0.05, 0.1) is 13.1 Å². The van der Waals surface area contributed by atoms with Crippen LogP contribution in [0.25, 0.3) is 17.0 Å². The molecule has 2 aromatic carbocycles. The summed E-state index contributed by atoms with van der Waals surface area (Å²) in [4.78, 5) is 13.6. The van der Waals surface area contributed by atoms with E-state index >= 15 is 0 Å². The summed E-state index contributed by atoms with van der Waals surface area (Å²) in [6, 6.07) is 21.0. The number of nitrogens with one attached hydrogen (secondary N) is 1. The van der Waals surface area contributed by atoms with Crippen molar-refractivity contribution in [3.05, 3.63) is 93.3 Å². The number of rotatable bonds is 8. The van der Waals surface area contributed by atoms with Gasteiger partial charge in [0, 0.05) is 32.6 Å². The number of carbonyl (C=O) groups is 1. The average molecular weight is 462 g/mol. The third kappa shape index (κ3) is 5.20. The number of halogens is 1. The molecule has 5 nitrogen and oxygen atoms in total. The summed E-state index contributed by atoms with van der Waals surface area (Å²) in [5.74, 6) is 0.365. The second-order valence-corrected chi connectivity index (χ2v) is 8.50. The first-order chi connectivity index (χ1) is 15.6.